The number of hydrogen-bond acceptors (Lipinski definition) is 10. The number of rotatable bonds is 8. The van der Waals surface area contributed by atoms with E-state index in [-0.39, 0.29) is 5.75 Å². The lowest BCUT2D eigenvalue weighted by Gasteiger charge is -2.19. The maximum Gasteiger partial charge on any atom is 0.514 e. The highest BCUT2D eigenvalue weighted by atomic mass is 32.1. The Morgan fingerprint density at radius 2 is 1.57 bits per heavy atom. The Labute approximate surface area is 219 Å². The fraction of sp³-hybridized carbons (Fsp3) is 0.346. The van der Waals surface area contributed by atoms with E-state index in [9.17, 15) is 4.79 Å². The molecule has 11 heteroatoms. The highest BCUT2D eigenvalue weighted by molar-refractivity contribution is 7.07. The maximum absolute atomic E-state index is 12.1. The van der Waals surface area contributed by atoms with Crippen LogP contribution in [0.5, 0.6) is 28.7 Å². The number of thiazole rings is 1. The minimum atomic E-state index is -0.815. The minimum Gasteiger partial charge on any atom is -0.493 e. The molecule has 0 aliphatic heterocycles. The van der Waals surface area contributed by atoms with Gasteiger partial charge in [-0.3, -0.25) is 4.99 Å². The molecule has 0 aliphatic carbocycles. The predicted molar refractivity (Wildman–Crippen MR) is 142 cm³/mol. The van der Waals surface area contributed by atoms with Crippen molar-refractivity contribution in [2.75, 3.05) is 35.5 Å². The van der Waals surface area contributed by atoms with Crippen molar-refractivity contribution in [3.63, 3.8) is 0 Å². The molecule has 0 fully saturated rings. The Balaban J connectivity index is 1.97. The third-order valence-corrected chi connectivity index (χ3v) is 5.84. The molecule has 198 valence electrons. The number of methoxy groups -OCH3 is 4. The molecule has 1 aromatic heterocycles. The van der Waals surface area contributed by atoms with E-state index in [2.05, 4.69) is 10.1 Å². The summed E-state index contributed by atoms with van der Waals surface area (Å²) in [6.07, 6.45) is 0.841. The molecule has 0 unspecified atom stereocenters. The number of carbonyl (C=O) groups is 1. The van der Waals surface area contributed by atoms with Crippen molar-refractivity contribution in [2.24, 2.45) is 10.1 Å². The monoisotopic (exact) mass is 529 g/mol. The third-order valence-electron chi connectivity index (χ3n) is 4.93. The fourth-order valence-corrected chi connectivity index (χ4v) is 4.13. The lowest BCUT2D eigenvalue weighted by molar-refractivity contribution is 0.0201. The number of benzene rings is 2. The molecule has 0 amide bonds. The first-order valence-electron chi connectivity index (χ1n) is 11.2. The predicted octanol–water partition coefficient (Wildman–Crippen LogP) is 4.98. The van der Waals surface area contributed by atoms with Crippen LogP contribution in [0.1, 0.15) is 26.3 Å². The number of hydrogen-bond donors (Lipinski definition) is 0. The molecule has 0 radical (unpaired) electrons. The molecule has 0 saturated carbocycles. The van der Waals surface area contributed by atoms with Gasteiger partial charge in [-0.15, -0.1) is 11.3 Å². The smallest absolute Gasteiger partial charge is 0.493 e. The number of nitrogens with zero attached hydrogens (tertiary/aromatic N) is 3. The number of ether oxygens (including phenoxy) is 6. The van der Waals surface area contributed by atoms with Crippen LogP contribution in [0.4, 0.5) is 4.79 Å². The molecule has 2 aromatic carbocycles. The SMILES string of the molecule is CN=c1scc(-c2cc(OC)c(OC)c(OC)c2)n1N=Cc1ccc(OC(=O)OC(C)(C)C)c(OC)c1. The van der Waals surface area contributed by atoms with Crippen LogP contribution in [0.3, 0.4) is 0 Å². The second-order valence-corrected chi connectivity index (χ2v) is 9.41. The molecule has 1 heterocycles. The topological polar surface area (TPSA) is 102 Å². The molecule has 0 bridgehead atoms. The van der Waals surface area contributed by atoms with E-state index < -0.39 is 11.8 Å². The van der Waals surface area contributed by atoms with Crippen LogP contribution in [-0.2, 0) is 4.74 Å². The van der Waals surface area contributed by atoms with Crippen LogP contribution in [0.2, 0.25) is 0 Å². The van der Waals surface area contributed by atoms with E-state index in [0.717, 1.165) is 11.3 Å². The van der Waals surface area contributed by atoms with Gasteiger partial charge in [0.05, 0.1) is 40.3 Å². The maximum atomic E-state index is 12.1. The van der Waals surface area contributed by atoms with Crippen molar-refractivity contribution in [2.45, 2.75) is 26.4 Å². The largest absolute Gasteiger partial charge is 0.514 e. The van der Waals surface area contributed by atoms with Crippen molar-refractivity contribution in [3.8, 4) is 40.0 Å². The molecule has 0 aliphatic rings. The molecule has 0 saturated heterocycles. The average Bonchev–Trinajstić information content (AvgIpc) is 3.28. The quantitative estimate of drug-likeness (QED) is 0.230. The van der Waals surface area contributed by atoms with Gasteiger partial charge in [0.25, 0.3) is 0 Å². The van der Waals surface area contributed by atoms with Crippen LogP contribution < -0.4 is 28.5 Å². The standard InChI is InChI=1S/C26H31N3O7S/c1-26(2,3)36-25(30)35-19-10-9-16(11-20(19)31-5)14-28-29-18(15-37-24(29)27-4)17-12-21(32-6)23(34-8)22(13-17)33-7/h9-15H,1-8H3. The lowest BCUT2D eigenvalue weighted by Crippen LogP contribution is -2.26. The third kappa shape index (κ3) is 6.62. The van der Waals surface area contributed by atoms with Gasteiger partial charge in [-0.25, -0.2) is 9.47 Å². The van der Waals surface area contributed by atoms with E-state index in [1.165, 1.54) is 18.4 Å². The van der Waals surface area contributed by atoms with Gasteiger partial charge in [0.1, 0.15) is 5.60 Å². The normalized spacial score (nSPS) is 11.9. The summed E-state index contributed by atoms with van der Waals surface area (Å²) >= 11 is 1.44. The zero-order valence-corrected chi connectivity index (χ0v) is 23.0. The van der Waals surface area contributed by atoms with E-state index in [4.69, 9.17) is 28.4 Å². The summed E-state index contributed by atoms with van der Waals surface area (Å²) in [5.74, 6) is 2.15. The fourth-order valence-electron chi connectivity index (χ4n) is 3.32. The van der Waals surface area contributed by atoms with Gasteiger partial charge in [-0.05, 0) is 56.7 Å². The van der Waals surface area contributed by atoms with Crippen LogP contribution in [0.15, 0.2) is 45.8 Å². The first kappa shape index (κ1) is 27.6. The molecular formula is C26H31N3O7S. The summed E-state index contributed by atoms with van der Waals surface area (Å²) < 4.78 is 34.1. The first-order valence-corrected chi connectivity index (χ1v) is 12.1. The summed E-state index contributed by atoms with van der Waals surface area (Å²) in [5, 5.41) is 6.60. The zero-order chi connectivity index (χ0) is 27.2. The van der Waals surface area contributed by atoms with Crippen molar-refractivity contribution in [1.29, 1.82) is 0 Å². The molecule has 0 atom stereocenters. The molecular weight excluding hydrogens is 498 g/mol. The summed E-state index contributed by atoms with van der Waals surface area (Å²) in [6.45, 7) is 5.28. The number of carbonyl (C=O) groups excluding carboxylic acids is 1. The molecule has 0 spiro atoms. The highest BCUT2D eigenvalue weighted by Crippen LogP contribution is 2.41. The second-order valence-electron chi connectivity index (χ2n) is 8.57. The van der Waals surface area contributed by atoms with Crippen LogP contribution in [-0.4, -0.2) is 58.1 Å². The van der Waals surface area contributed by atoms with Crippen LogP contribution in [0.25, 0.3) is 11.3 Å². The van der Waals surface area contributed by atoms with Gasteiger partial charge >= 0.3 is 6.16 Å². The molecule has 10 nitrogen and oxygen atoms in total. The van der Waals surface area contributed by atoms with Crippen molar-refractivity contribution < 1.29 is 33.2 Å². The number of aromatic nitrogens is 1. The summed E-state index contributed by atoms with van der Waals surface area (Å²) in [4.78, 5) is 17.1. The summed E-state index contributed by atoms with van der Waals surface area (Å²) in [6, 6.07) is 8.77. The Morgan fingerprint density at radius 3 is 2.11 bits per heavy atom. The first-order chi connectivity index (χ1) is 17.6. The van der Waals surface area contributed by atoms with Crippen molar-refractivity contribution in [1.82, 2.24) is 4.68 Å². The van der Waals surface area contributed by atoms with Gasteiger partial charge in [0.2, 0.25) is 10.6 Å². The van der Waals surface area contributed by atoms with Gasteiger partial charge in [-0.1, -0.05) is 0 Å². The molecule has 3 aromatic rings. The van der Waals surface area contributed by atoms with E-state index in [1.807, 2.05) is 17.5 Å². The van der Waals surface area contributed by atoms with E-state index in [0.29, 0.717) is 33.4 Å². The van der Waals surface area contributed by atoms with Crippen molar-refractivity contribution >= 4 is 23.7 Å². The Bertz CT molecular complexity index is 1330. The second kappa shape index (κ2) is 11.8. The lowest BCUT2D eigenvalue weighted by atomic mass is 10.1. The average molecular weight is 530 g/mol. The highest BCUT2D eigenvalue weighted by Gasteiger charge is 2.20. The Kier molecular flexibility index (Phi) is 8.82. The Morgan fingerprint density at radius 1 is 0.919 bits per heavy atom. The summed E-state index contributed by atoms with van der Waals surface area (Å²) in [5.41, 5.74) is 1.62. The molecule has 37 heavy (non-hydrogen) atoms. The van der Waals surface area contributed by atoms with Gasteiger partial charge in [0.15, 0.2) is 23.0 Å². The van der Waals surface area contributed by atoms with E-state index in [1.54, 1.807) is 78.2 Å². The van der Waals surface area contributed by atoms with E-state index >= 15 is 0 Å². The van der Waals surface area contributed by atoms with Gasteiger partial charge < -0.3 is 28.4 Å². The minimum absolute atomic E-state index is 0.236. The Hall–Kier alpha value is -3.99. The van der Waals surface area contributed by atoms with Crippen LogP contribution >= 0.6 is 11.3 Å². The molecule has 0 N–H and O–H groups in total. The zero-order valence-electron chi connectivity index (χ0n) is 22.1. The van der Waals surface area contributed by atoms with Gasteiger partial charge in [0, 0.05) is 18.0 Å². The van der Waals surface area contributed by atoms with Crippen molar-refractivity contribution in [3.05, 3.63) is 46.1 Å². The molecule has 3 rings (SSSR count). The van der Waals surface area contributed by atoms with Gasteiger partial charge in [-0.2, -0.15) is 5.10 Å². The summed E-state index contributed by atoms with van der Waals surface area (Å²) in [7, 11) is 7.88. The van der Waals surface area contributed by atoms with Crippen LogP contribution in [0, 0.1) is 0 Å².